The monoisotopic (exact) mass is 312 g/mol. The molecule has 4 nitrogen and oxygen atoms in total. The number of nitrogens with two attached hydrogens (primary N) is 1. The second-order valence-corrected chi connectivity index (χ2v) is 5.90. The summed E-state index contributed by atoms with van der Waals surface area (Å²) >= 11 is 5.70. The fourth-order valence-corrected chi connectivity index (χ4v) is 2.55. The third-order valence-electron chi connectivity index (χ3n) is 2.30. The minimum atomic E-state index is -3.40. The predicted octanol–water partition coefficient (Wildman–Crippen LogP) is 2.17. The molecule has 0 spiro atoms. The molecule has 1 rings (SSSR count). The van der Waals surface area contributed by atoms with Crippen LogP contribution >= 0.6 is 24.0 Å². The molecule has 0 unspecified atom stereocenters. The van der Waals surface area contributed by atoms with E-state index in [1.54, 1.807) is 12.1 Å². The van der Waals surface area contributed by atoms with Crippen LogP contribution in [0.3, 0.4) is 0 Å². The van der Waals surface area contributed by atoms with Gasteiger partial charge in [-0.15, -0.1) is 12.4 Å². The molecule has 0 amide bonds. The van der Waals surface area contributed by atoms with Crippen LogP contribution in [0.1, 0.15) is 19.3 Å². The molecule has 0 aliphatic rings. The minimum Gasteiger partial charge on any atom is -0.330 e. The van der Waals surface area contributed by atoms with Crippen LogP contribution in [-0.2, 0) is 10.0 Å². The normalized spacial score (nSPS) is 11.0. The highest BCUT2D eigenvalue weighted by atomic mass is 35.5. The molecule has 0 aromatic heterocycles. The molecule has 0 bridgehead atoms. The number of sulfonamides is 1. The molecule has 0 atom stereocenters. The van der Waals surface area contributed by atoms with Crippen LogP contribution in [0.2, 0.25) is 5.02 Å². The number of nitrogens with one attached hydrogen (secondary N) is 1. The van der Waals surface area contributed by atoms with Gasteiger partial charge in [-0.2, -0.15) is 0 Å². The summed E-state index contributed by atoms with van der Waals surface area (Å²) in [5.41, 5.74) is 5.35. The van der Waals surface area contributed by atoms with Crippen LogP contribution < -0.4 is 10.5 Å². The second kappa shape index (κ2) is 8.72. The Morgan fingerprint density at radius 2 is 1.72 bits per heavy atom. The number of hydrogen-bond donors (Lipinski definition) is 2. The van der Waals surface area contributed by atoms with E-state index in [9.17, 15) is 8.42 Å². The first-order valence-electron chi connectivity index (χ1n) is 5.51. The fourth-order valence-electron chi connectivity index (χ4n) is 1.35. The Bertz CT molecular complexity index is 435. The van der Waals surface area contributed by atoms with E-state index < -0.39 is 10.0 Å². The van der Waals surface area contributed by atoms with E-state index in [4.69, 9.17) is 17.3 Å². The van der Waals surface area contributed by atoms with E-state index in [1.165, 1.54) is 12.1 Å². The SMILES string of the molecule is Cl.NCCCCCNS(=O)(=O)c1ccc(Cl)cc1. The zero-order valence-electron chi connectivity index (χ0n) is 9.93. The summed E-state index contributed by atoms with van der Waals surface area (Å²) < 4.78 is 26.1. The van der Waals surface area contributed by atoms with Crippen molar-refractivity contribution in [3.05, 3.63) is 29.3 Å². The molecular weight excluding hydrogens is 295 g/mol. The number of halogens is 2. The summed E-state index contributed by atoms with van der Waals surface area (Å²) in [5, 5.41) is 0.520. The van der Waals surface area contributed by atoms with Gasteiger partial charge in [-0.1, -0.05) is 18.0 Å². The predicted molar refractivity (Wildman–Crippen MR) is 76.8 cm³/mol. The first-order chi connectivity index (χ1) is 8.06. The summed E-state index contributed by atoms with van der Waals surface area (Å²) in [7, 11) is -3.40. The molecule has 0 aliphatic carbocycles. The summed E-state index contributed by atoms with van der Waals surface area (Å²) in [6.07, 6.45) is 2.65. The van der Waals surface area contributed by atoms with Gasteiger partial charge in [0.15, 0.2) is 0 Å². The van der Waals surface area contributed by atoms with Crippen molar-refractivity contribution in [2.45, 2.75) is 24.2 Å². The molecule has 0 saturated carbocycles. The summed E-state index contributed by atoms with van der Waals surface area (Å²) in [6, 6.07) is 6.10. The lowest BCUT2D eigenvalue weighted by atomic mass is 10.2. The van der Waals surface area contributed by atoms with Gasteiger partial charge in [-0.3, -0.25) is 0 Å². The fraction of sp³-hybridized carbons (Fsp3) is 0.455. The van der Waals surface area contributed by atoms with Crippen molar-refractivity contribution in [2.75, 3.05) is 13.1 Å². The van der Waals surface area contributed by atoms with Crippen molar-refractivity contribution >= 4 is 34.0 Å². The van der Waals surface area contributed by atoms with Crippen LogP contribution in [0.15, 0.2) is 29.2 Å². The molecule has 0 aliphatic heterocycles. The summed E-state index contributed by atoms with van der Waals surface area (Å²) in [4.78, 5) is 0.237. The van der Waals surface area contributed by atoms with Crippen LogP contribution in [0.5, 0.6) is 0 Å². The molecule has 1 aromatic carbocycles. The van der Waals surface area contributed by atoms with E-state index in [1.807, 2.05) is 0 Å². The average molecular weight is 313 g/mol. The Kier molecular flexibility index (Phi) is 8.56. The van der Waals surface area contributed by atoms with Gasteiger partial charge in [0.25, 0.3) is 0 Å². The number of rotatable bonds is 7. The number of benzene rings is 1. The Hall–Kier alpha value is -0.330. The molecular formula is C11H18Cl2N2O2S. The van der Waals surface area contributed by atoms with E-state index >= 15 is 0 Å². The Labute approximate surface area is 119 Å². The second-order valence-electron chi connectivity index (χ2n) is 3.70. The van der Waals surface area contributed by atoms with Crippen LogP contribution in [0.4, 0.5) is 0 Å². The molecule has 0 heterocycles. The molecule has 3 N–H and O–H groups in total. The highest BCUT2D eigenvalue weighted by molar-refractivity contribution is 7.89. The first kappa shape index (κ1) is 17.7. The maximum absolute atomic E-state index is 11.8. The van der Waals surface area contributed by atoms with Crippen molar-refractivity contribution in [1.82, 2.24) is 4.72 Å². The smallest absolute Gasteiger partial charge is 0.240 e. The highest BCUT2D eigenvalue weighted by Crippen LogP contribution is 2.13. The maximum atomic E-state index is 11.8. The summed E-state index contributed by atoms with van der Waals surface area (Å²) in [5.74, 6) is 0. The zero-order chi connectivity index (χ0) is 12.7. The lowest BCUT2D eigenvalue weighted by Gasteiger charge is -2.06. The van der Waals surface area contributed by atoms with Gasteiger partial charge >= 0.3 is 0 Å². The molecule has 1 aromatic rings. The molecule has 0 saturated heterocycles. The molecule has 0 radical (unpaired) electrons. The standard InChI is InChI=1S/C11H17ClN2O2S.ClH/c12-10-4-6-11(7-5-10)17(15,16)14-9-3-1-2-8-13;/h4-7,14H,1-3,8-9,13H2;1H. The quantitative estimate of drug-likeness (QED) is 0.758. The topological polar surface area (TPSA) is 72.2 Å². The Morgan fingerprint density at radius 1 is 1.11 bits per heavy atom. The van der Waals surface area contributed by atoms with Crippen molar-refractivity contribution in [3.63, 3.8) is 0 Å². The first-order valence-corrected chi connectivity index (χ1v) is 7.37. The van der Waals surface area contributed by atoms with Crippen molar-refractivity contribution in [1.29, 1.82) is 0 Å². The maximum Gasteiger partial charge on any atom is 0.240 e. The van der Waals surface area contributed by atoms with Gasteiger partial charge in [0.05, 0.1) is 4.90 Å². The van der Waals surface area contributed by atoms with Crippen LogP contribution in [0, 0.1) is 0 Å². The van der Waals surface area contributed by atoms with Gasteiger partial charge in [-0.25, -0.2) is 13.1 Å². The molecule has 0 fully saturated rings. The molecule has 18 heavy (non-hydrogen) atoms. The van der Waals surface area contributed by atoms with Crippen LogP contribution in [0.25, 0.3) is 0 Å². The molecule has 7 heteroatoms. The highest BCUT2D eigenvalue weighted by Gasteiger charge is 2.12. The lowest BCUT2D eigenvalue weighted by Crippen LogP contribution is -2.24. The summed E-state index contributed by atoms with van der Waals surface area (Å²) in [6.45, 7) is 1.08. The Balaban J connectivity index is 0.00000289. The van der Waals surface area contributed by atoms with Gasteiger partial charge in [-0.05, 0) is 43.7 Å². The van der Waals surface area contributed by atoms with Gasteiger partial charge in [0.1, 0.15) is 0 Å². The van der Waals surface area contributed by atoms with Gasteiger partial charge in [0.2, 0.25) is 10.0 Å². The van der Waals surface area contributed by atoms with E-state index in [2.05, 4.69) is 4.72 Å². The largest absolute Gasteiger partial charge is 0.330 e. The average Bonchev–Trinajstić information content (AvgIpc) is 2.29. The van der Waals surface area contributed by atoms with Crippen molar-refractivity contribution in [3.8, 4) is 0 Å². The minimum absolute atomic E-state index is 0. The number of unbranched alkanes of at least 4 members (excludes halogenated alkanes) is 2. The Morgan fingerprint density at radius 3 is 2.28 bits per heavy atom. The van der Waals surface area contributed by atoms with Crippen molar-refractivity contribution in [2.24, 2.45) is 5.73 Å². The van der Waals surface area contributed by atoms with Crippen LogP contribution in [-0.4, -0.2) is 21.5 Å². The zero-order valence-corrected chi connectivity index (χ0v) is 12.3. The van der Waals surface area contributed by atoms with Gasteiger partial charge < -0.3 is 5.73 Å². The van der Waals surface area contributed by atoms with Gasteiger partial charge in [0, 0.05) is 11.6 Å². The van der Waals surface area contributed by atoms with E-state index in [0.29, 0.717) is 18.1 Å². The third kappa shape index (κ3) is 6.02. The van der Waals surface area contributed by atoms with E-state index in [0.717, 1.165) is 19.3 Å². The lowest BCUT2D eigenvalue weighted by molar-refractivity contribution is 0.575. The third-order valence-corrected chi connectivity index (χ3v) is 4.03. The van der Waals surface area contributed by atoms with Crippen molar-refractivity contribution < 1.29 is 8.42 Å². The number of hydrogen-bond acceptors (Lipinski definition) is 3. The molecule has 104 valence electrons. The van der Waals surface area contributed by atoms with E-state index in [-0.39, 0.29) is 17.3 Å².